The molecular weight excluding hydrogens is 624 g/mol. The zero-order valence-corrected chi connectivity index (χ0v) is 23.9. The van der Waals surface area contributed by atoms with Crippen LogP contribution in [0.2, 0.25) is 0 Å². The summed E-state index contributed by atoms with van der Waals surface area (Å²) >= 11 is 3.39. The zero-order chi connectivity index (χ0) is 30.1. The normalized spacial score (nSPS) is 10.0. The van der Waals surface area contributed by atoms with Crippen molar-refractivity contribution in [3.8, 4) is 22.6 Å². The molecular formula is C31H28BrF2N5O4. The molecule has 0 saturated heterocycles. The second-order valence-corrected chi connectivity index (χ2v) is 9.40. The lowest BCUT2D eigenvalue weighted by Crippen LogP contribution is -2.10. The summed E-state index contributed by atoms with van der Waals surface area (Å²) in [6.45, 7) is 0. The monoisotopic (exact) mass is 651 g/mol. The quantitative estimate of drug-likeness (QED) is 0.184. The molecule has 0 aliphatic heterocycles. The van der Waals surface area contributed by atoms with Crippen LogP contribution < -0.4 is 14.7 Å². The molecule has 0 aliphatic rings. The van der Waals surface area contributed by atoms with E-state index in [0.29, 0.717) is 5.75 Å². The van der Waals surface area contributed by atoms with Crippen LogP contribution in [-0.2, 0) is 0 Å². The first kappa shape index (κ1) is 32.7. The van der Waals surface area contributed by atoms with Gasteiger partial charge in [-0.2, -0.15) is 0 Å². The fourth-order valence-corrected chi connectivity index (χ4v) is 4.31. The first-order valence-corrected chi connectivity index (χ1v) is 13.0. The number of methoxy groups -OCH3 is 2. The first-order chi connectivity index (χ1) is 20.3. The highest BCUT2D eigenvalue weighted by molar-refractivity contribution is 9.10. The third kappa shape index (κ3) is 8.61. The minimum Gasteiger partial charge on any atom is -0.494 e. The number of hydrogen-bond acceptors (Lipinski definition) is 9. The Hall–Kier alpha value is -4.78. The Bertz CT molecular complexity index is 1810. The summed E-state index contributed by atoms with van der Waals surface area (Å²) in [6.07, 6.45) is 6.47. The van der Waals surface area contributed by atoms with E-state index in [9.17, 15) is 8.78 Å². The fourth-order valence-electron chi connectivity index (χ4n) is 3.85. The van der Waals surface area contributed by atoms with Crippen molar-refractivity contribution in [1.29, 1.82) is 0 Å². The van der Waals surface area contributed by atoms with E-state index >= 15 is 0 Å². The highest BCUT2D eigenvalue weighted by Crippen LogP contribution is 2.31. The fraction of sp³-hybridized carbons (Fsp3) is 0.0968. The van der Waals surface area contributed by atoms with Crippen molar-refractivity contribution < 1.29 is 28.7 Å². The molecule has 0 spiro atoms. The van der Waals surface area contributed by atoms with Crippen LogP contribution in [0.1, 0.15) is 7.43 Å². The minimum atomic E-state index is -0.509. The van der Waals surface area contributed by atoms with Gasteiger partial charge in [0.1, 0.15) is 46.8 Å². The molecule has 0 amide bonds. The van der Waals surface area contributed by atoms with Crippen molar-refractivity contribution in [2.24, 2.45) is 0 Å². The molecule has 43 heavy (non-hydrogen) atoms. The van der Waals surface area contributed by atoms with Gasteiger partial charge in [0.25, 0.3) is 0 Å². The number of nitrogens with zero attached hydrogens (tertiary/aromatic N) is 5. The number of anilines is 1. The van der Waals surface area contributed by atoms with Crippen molar-refractivity contribution in [2.75, 3.05) is 19.4 Å². The Balaban J connectivity index is 0.000000185. The van der Waals surface area contributed by atoms with Gasteiger partial charge >= 0.3 is 0 Å². The third-order valence-corrected chi connectivity index (χ3v) is 6.20. The number of halogens is 3. The van der Waals surface area contributed by atoms with Crippen molar-refractivity contribution in [1.82, 2.24) is 19.9 Å². The van der Waals surface area contributed by atoms with E-state index in [0.717, 1.165) is 49.2 Å². The van der Waals surface area contributed by atoms with Gasteiger partial charge in [0.05, 0.1) is 19.9 Å². The Kier molecular flexibility index (Phi) is 11.8. The van der Waals surface area contributed by atoms with Gasteiger partial charge in [0, 0.05) is 33.7 Å². The van der Waals surface area contributed by atoms with Crippen molar-refractivity contribution in [3.05, 3.63) is 114 Å². The van der Waals surface area contributed by atoms with Gasteiger partial charge in [-0.05, 0) is 59.7 Å². The molecule has 222 valence electrons. The average molecular weight is 652 g/mol. The molecule has 4 aromatic carbocycles. The van der Waals surface area contributed by atoms with E-state index in [-0.39, 0.29) is 24.2 Å². The third-order valence-electron chi connectivity index (χ3n) is 5.74. The number of rotatable bonds is 4. The van der Waals surface area contributed by atoms with E-state index in [2.05, 4.69) is 35.9 Å². The summed E-state index contributed by atoms with van der Waals surface area (Å²) in [6, 6.07) is 19.0. The highest BCUT2D eigenvalue weighted by atomic mass is 79.9. The Morgan fingerprint density at radius 2 is 1.26 bits per heavy atom. The number of ether oxygens (including phenoxy) is 2. The highest BCUT2D eigenvalue weighted by Gasteiger charge is 2.08. The zero-order valence-electron chi connectivity index (χ0n) is 22.3. The van der Waals surface area contributed by atoms with E-state index in [1.54, 1.807) is 32.7 Å². The maximum atomic E-state index is 13.3. The summed E-state index contributed by atoms with van der Waals surface area (Å²) in [5.41, 5.74) is 3.25. The first-order valence-electron chi connectivity index (χ1n) is 12.2. The minimum absolute atomic E-state index is 0. The van der Waals surface area contributed by atoms with Gasteiger partial charge < -0.3 is 9.47 Å². The van der Waals surface area contributed by atoms with Crippen LogP contribution in [0.5, 0.6) is 11.5 Å². The van der Waals surface area contributed by atoms with Crippen molar-refractivity contribution in [2.45, 2.75) is 7.43 Å². The summed E-state index contributed by atoms with van der Waals surface area (Å²) in [5.74, 6) is 0.636. The Morgan fingerprint density at radius 1 is 0.698 bits per heavy atom. The molecule has 0 fully saturated rings. The molecule has 0 unspecified atom stereocenters. The topological polar surface area (TPSA) is 114 Å². The molecule has 2 N–H and O–H groups in total. The molecule has 12 heteroatoms. The summed E-state index contributed by atoms with van der Waals surface area (Å²) in [4.78, 5) is 16.3. The van der Waals surface area contributed by atoms with E-state index in [1.165, 1.54) is 43.0 Å². The molecule has 0 saturated carbocycles. The van der Waals surface area contributed by atoms with Gasteiger partial charge in [-0.3, -0.25) is 10.4 Å². The number of benzene rings is 4. The van der Waals surface area contributed by atoms with Gasteiger partial charge in [0.2, 0.25) is 0 Å². The predicted molar refractivity (Wildman–Crippen MR) is 164 cm³/mol. The second kappa shape index (κ2) is 15.4. The number of hydrogen-bond donors (Lipinski definition) is 2. The predicted octanol–water partition coefficient (Wildman–Crippen LogP) is 7.89. The van der Waals surface area contributed by atoms with Gasteiger partial charge in [-0.1, -0.05) is 41.6 Å². The standard InChI is InChI=1S/C15H11FN2O.C9H7BrN2O.C6H6FNO2.CH4/c1-19-14-7-11(10-3-2-4-13(16)6-10)5-12-8-17-9-18-15(12)14;1-13-8-3-7(10)2-6-4-11-5-12-9(6)8;7-5-2-1-3-6(4-5)8(9)10;/h2-9H,1H3;2-5H,1H3;1-4,9-10H;1H4. The molecule has 6 aromatic rings. The maximum Gasteiger partial charge on any atom is 0.146 e. The number of fused-ring (bicyclic) bond motifs is 2. The molecule has 9 nitrogen and oxygen atoms in total. The lowest BCUT2D eigenvalue weighted by Gasteiger charge is -2.08. The lowest BCUT2D eigenvalue weighted by atomic mass is 10.0. The van der Waals surface area contributed by atoms with Crippen LogP contribution in [0.4, 0.5) is 14.5 Å². The summed E-state index contributed by atoms with van der Waals surface area (Å²) in [5, 5.41) is 18.4. The van der Waals surface area contributed by atoms with Crippen LogP contribution in [0, 0.1) is 11.6 Å². The van der Waals surface area contributed by atoms with E-state index in [1.807, 2.05) is 30.3 Å². The van der Waals surface area contributed by atoms with E-state index < -0.39 is 5.82 Å². The second-order valence-electron chi connectivity index (χ2n) is 8.49. The molecule has 2 aromatic heterocycles. The summed E-state index contributed by atoms with van der Waals surface area (Å²) in [7, 11) is 3.22. The smallest absolute Gasteiger partial charge is 0.146 e. The molecule has 2 heterocycles. The summed E-state index contributed by atoms with van der Waals surface area (Å²) < 4.78 is 37.1. The van der Waals surface area contributed by atoms with Gasteiger partial charge in [0.15, 0.2) is 0 Å². The van der Waals surface area contributed by atoms with Gasteiger partial charge in [-0.15, -0.1) is 5.23 Å². The van der Waals surface area contributed by atoms with Crippen LogP contribution in [0.15, 0.2) is 102 Å². The van der Waals surface area contributed by atoms with Crippen molar-refractivity contribution >= 4 is 43.4 Å². The molecule has 0 radical (unpaired) electrons. The Labute approximate surface area is 255 Å². The van der Waals surface area contributed by atoms with Gasteiger partial charge in [-0.25, -0.2) is 28.7 Å². The van der Waals surface area contributed by atoms with Crippen LogP contribution >= 0.6 is 15.9 Å². The SMILES string of the molecule is C.COc1cc(-c2cccc(F)c2)cc2cncnc12.COc1cc(Br)cc2cncnc12.ON(O)c1cccc(F)c1. The molecule has 0 aliphatic carbocycles. The largest absolute Gasteiger partial charge is 0.494 e. The molecule has 0 bridgehead atoms. The van der Waals surface area contributed by atoms with Crippen molar-refractivity contribution in [3.63, 3.8) is 0 Å². The lowest BCUT2D eigenvalue weighted by molar-refractivity contribution is 0.0290. The Morgan fingerprint density at radius 3 is 1.79 bits per heavy atom. The molecule has 0 atom stereocenters. The van der Waals surface area contributed by atoms with Crippen LogP contribution in [0.3, 0.4) is 0 Å². The molecule has 6 rings (SSSR count). The maximum absolute atomic E-state index is 13.3. The van der Waals surface area contributed by atoms with Crippen LogP contribution in [-0.4, -0.2) is 44.6 Å². The van der Waals surface area contributed by atoms with Crippen LogP contribution in [0.25, 0.3) is 32.9 Å². The number of aromatic nitrogens is 4. The average Bonchev–Trinajstić information content (AvgIpc) is 3.00. The van der Waals surface area contributed by atoms with E-state index in [4.69, 9.17) is 19.9 Å².